The highest BCUT2D eigenvalue weighted by Gasteiger charge is 2.44. The van der Waals surface area contributed by atoms with Crippen molar-refractivity contribution in [3.63, 3.8) is 0 Å². The first-order valence-corrected chi connectivity index (χ1v) is 14.3. The van der Waals surface area contributed by atoms with Crippen molar-refractivity contribution in [2.45, 2.75) is 25.4 Å². The van der Waals surface area contributed by atoms with Crippen LogP contribution in [-0.2, 0) is 4.74 Å². The van der Waals surface area contributed by atoms with Gasteiger partial charge < -0.3 is 30.1 Å². The number of nitrogen functional groups attached to an aromatic ring is 1. The largest absolute Gasteiger partial charge is 0.463 e. The summed E-state index contributed by atoms with van der Waals surface area (Å²) < 4.78 is 59.3. The summed E-state index contributed by atoms with van der Waals surface area (Å²) >= 11 is 0. The van der Waals surface area contributed by atoms with Crippen LogP contribution in [0.5, 0.6) is 6.01 Å². The number of pyridine rings is 1. The zero-order valence-electron chi connectivity index (χ0n) is 24.8. The number of ether oxygens (including phenoxy) is 2. The van der Waals surface area contributed by atoms with Gasteiger partial charge in [0.15, 0.2) is 5.82 Å². The lowest BCUT2D eigenvalue weighted by Crippen LogP contribution is -2.42. The molecule has 1 saturated carbocycles. The number of β-amino-alcohol motifs (C(OH)–C–C–N with tert-alkyl or cyclic N) is 1. The number of anilines is 2. The predicted octanol–water partition coefficient (Wildman–Crippen LogP) is 4.13. The van der Waals surface area contributed by atoms with Gasteiger partial charge in [-0.1, -0.05) is 12.0 Å². The van der Waals surface area contributed by atoms with Gasteiger partial charge >= 0.3 is 6.01 Å². The van der Waals surface area contributed by atoms with Crippen LogP contribution in [0.25, 0.3) is 32.9 Å². The maximum atomic E-state index is 16.7. The number of nitrogens with zero attached hydrogens (tertiary/aromatic N) is 5. The zero-order valence-corrected chi connectivity index (χ0v) is 24.8. The highest BCUT2D eigenvalue weighted by molar-refractivity contribution is 6.03. The molecule has 2 aliphatic rings. The molecule has 3 N–H and O–H groups in total. The molecule has 1 saturated heterocycles. The van der Waals surface area contributed by atoms with Crippen LogP contribution in [-0.4, -0.2) is 84.1 Å². The first kappa shape index (κ1) is 29.9. The van der Waals surface area contributed by atoms with Gasteiger partial charge in [0.2, 0.25) is 0 Å². The van der Waals surface area contributed by atoms with Crippen molar-refractivity contribution in [2.24, 2.45) is 5.41 Å². The summed E-state index contributed by atoms with van der Waals surface area (Å²) in [5.74, 6) is -0.376. The Morgan fingerprint density at radius 1 is 1.16 bits per heavy atom. The number of aliphatic hydroxyl groups is 1. The Kier molecular flexibility index (Phi) is 7.52. The molecule has 0 radical (unpaired) electrons. The van der Waals surface area contributed by atoms with Gasteiger partial charge in [-0.05, 0) is 57.4 Å². The van der Waals surface area contributed by atoms with Crippen molar-refractivity contribution < 1.29 is 27.8 Å². The predicted molar refractivity (Wildman–Crippen MR) is 162 cm³/mol. The molecule has 1 unspecified atom stereocenters. The van der Waals surface area contributed by atoms with Crippen LogP contribution in [0.1, 0.15) is 25.3 Å². The van der Waals surface area contributed by atoms with E-state index in [1.54, 1.807) is 11.8 Å². The SMILES string of the molecule is C#Cc1c(F)ccc2cc(N)nc(-c3c(F)cc4c(N5CCOCC(C)(O)C5)nc(OCC5(CN(C)C)CC5)nc4c3F)c12. The summed E-state index contributed by atoms with van der Waals surface area (Å²) in [6, 6.07) is 5.05. The van der Waals surface area contributed by atoms with Crippen LogP contribution < -0.4 is 15.4 Å². The summed E-state index contributed by atoms with van der Waals surface area (Å²) in [7, 11) is 3.96. The maximum absolute atomic E-state index is 16.7. The minimum Gasteiger partial charge on any atom is -0.463 e. The highest BCUT2D eigenvalue weighted by Crippen LogP contribution is 2.46. The summed E-state index contributed by atoms with van der Waals surface area (Å²) in [5, 5.41) is 11.3. The summed E-state index contributed by atoms with van der Waals surface area (Å²) in [6.07, 6.45) is 7.54. The second kappa shape index (κ2) is 11.1. The lowest BCUT2D eigenvalue weighted by Gasteiger charge is -2.29. The Hall–Kier alpha value is -4.18. The smallest absolute Gasteiger partial charge is 0.319 e. The minimum atomic E-state index is -1.25. The molecular weight excluding hydrogens is 573 g/mol. The van der Waals surface area contributed by atoms with Crippen molar-refractivity contribution in [3.05, 3.63) is 47.3 Å². The Balaban J connectivity index is 1.57. The van der Waals surface area contributed by atoms with Crippen molar-refractivity contribution in [3.8, 4) is 29.6 Å². The molecule has 3 heterocycles. The summed E-state index contributed by atoms with van der Waals surface area (Å²) in [6.45, 7) is 3.43. The molecular formula is C32H33F3N6O3. The van der Waals surface area contributed by atoms with Gasteiger partial charge in [-0.2, -0.15) is 9.97 Å². The van der Waals surface area contributed by atoms with E-state index < -0.39 is 28.6 Å². The molecule has 0 bridgehead atoms. The maximum Gasteiger partial charge on any atom is 0.319 e. The number of aromatic nitrogens is 3. The van der Waals surface area contributed by atoms with E-state index >= 15 is 8.78 Å². The molecule has 1 aliphatic heterocycles. The molecule has 1 atom stereocenters. The monoisotopic (exact) mass is 606 g/mol. The summed E-state index contributed by atoms with van der Waals surface area (Å²) in [4.78, 5) is 17.0. The molecule has 1 aliphatic carbocycles. The molecule has 2 aromatic carbocycles. The fourth-order valence-electron chi connectivity index (χ4n) is 5.95. The van der Waals surface area contributed by atoms with Gasteiger partial charge in [0, 0.05) is 29.3 Å². The number of terminal acetylenes is 1. The minimum absolute atomic E-state index is 0.0317. The van der Waals surface area contributed by atoms with E-state index in [9.17, 15) is 9.50 Å². The van der Waals surface area contributed by atoms with Crippen molar-refractivity contribution in [1.29, 1.82) is 0 Å². The first-order chi connectivity index (χ1) is 20.9. The molecule has 0 amide bonds. The second-order valence-electron chi connectivity index (χ2n) is 12.3. The van der Waals surface area contributed by atoms with E-state index in [2.05, 4.69) is 25.8 Å². The molecule has 44 heavy (non-hydrogen) atoms. The second-order valence-corrected chi connectivity index (χ2v) is 12.3. The van der Waals surface area contributed by atoms with Gasteiger partial charge in [-0.15, -0.1) is 6.42 Å². The first-order valence-electron chi connectivity index (χ1n) is 14.3. The van der Waals surface area contributed by atoms with E-state index in [1.165, 1.54) is 18.2 Å². The van der Waals surface area contributed by atoms with Gasteiger partial charge in [-0.3, -0.25) is 0 Å². The highest BCUT2D eigenvalue weighted by atomic mass is 19.1. The van der Waals surface area contributed by atoms with Gasteiger partial charge in [0.1, 0.15) is 34.4 Å². The fourth-order valence-corrected chi connectivity index (χ4v) is 5.95. The third-order valence-corrected chi connectivity index (χ3v) is 8.06. The van der Waals surface area contributed by atoms with Crippen molar-refractivity contribution in [1.82, 2.24) is 19.9 Å². The third kappa shape index (κ3) is 5.58. The van der Waals surface area contributed by atoms with Crippen LogP contribution in [0.4, 0.5) is 24.8 Å². The van der Waals surface area contributed by atoms with Crippen LogP contribution in [0.3, 0.4) is 0 Å². The molecule has 0 spiro atoms. The zero-order chi connectivity index (χ0) is 31.4. The van der Waals surface area contributed by atoms with E-state index in [-0.39, 0.29) is 70.4 Å². The fraction of sp³-hybridized carbons (Fsp3) is 0.406. The normalized spacial score (nSPS) is 19.8. The average Bonchev–Trinajstić information content (AvgIpc) is 3.74. The lowest BCUT2D eigenvalue weighted by molar-refractivity contribution is -0.0123. The van der Waals surface area contributed by atoms with Gasteiger partial charge in [0.05, 0.1) is 43.2 Å². The number of nitrogens with two attached hydrogens (primary N) is 1. The standard InChI is InChI=1S/C32H33F3N6O3/c1-5-19-21(33)7-6-18-12-23(36)37-28(24(18)19)25-22(34)13-20-27(26(25)35)38-30(44-17-32(8-9-32)15-40(3)4)39-29(20)41-10-11-43-16-31(2,42)14-41/h1,6-7,12-13,42H,8-11,14-17H2,2-4H3,(H2,36,37). The number of rotatable bonds is 7. The van der Waals surface area contributed by atoms with E-state index in [4.69, 9.17) is 21.6 Å². The van der Waals surface area contributed by atoms with Gasteiger partial charge in [0.25, 0.3) is 0 Å². The quantitative estimate of drug-likeness (QED) is 0.300. The number of hydrogen-bond acceptors (Lipinski definition) is 9. The Bertz CT molecular complexity index is 1820. The number of benzene rings is 2. The molecule has 12 heteroatoms. The summed E-state index contributed by atoms with van der Waals surface area (Å²) in [5.41, 5.74) is 3.44. The molecule has 9 nitrogen and oxygen atoms in total. The Morgan fingerprint density at radius 3 is 2.64 bits per heavy atom. The van der Waals surface area contributed by atoms with Crippen LogP contribution in [0, 0.1) is 35.2 Å². The molecule has 4 aromatic rings. The van der Waals surface area contributed by atoms with Crippen LogP contribution >= 0.6 is 0 Å². The lowest BCUT2D eigenvalue weighted by atomic mass is 9.97. The molecule has 230 valence electrons. The number of hydrogen-bond donors (Lipinski definition) is 2. The van der Waals surface area contributed by atoms with Crippen LogP contribution in [0.2, 0.25) is 0 Å². The van der Waals surface area contributed by atoms with E-state index in [1.807, 2.05) is 14.1 Å². The van der Waals surface area contributed by atoms with Crippen molar-refractivity contribution >= 4 is 33.3 Å². The number of halogens is 3. The van der Waals surface area contributed by atoms with E-state index in [0.717, 1.165) is 25.5 Å². The Morgan fingerprint density at radius 2 is 1.93 bits per heavy atom. The van der Waals surface area contributed by atoms with Gasteiger partial charge in [-0.25, -0.2) is 18.2 Å². The molecule has 6 rings (SSSR count). The number of fused-ring (bicyclic) bond motifs is 2. The third-order valence-electron chi connectivity index (χ3n) is 8.06. The Labute approximate surface area is 252 Å². The van der Waals surface area contributed by atoms with Crippen LogP contribution in [0.15, 0.2) is 24.3 Å². The molecule has 2 aromatic heterocycles. The van der Waals surface area contributed by atoms with E-state index in [0.29, 0.717) is 18.5 Å². The van der Waals surface area contributed by atoms with Crippen molar-refractivity contribution in [2.75, 3.05) is 64.2 Å². The molecule has 2 fully saturated rings. The topological polar surface area (TPSA) is 110 Å². The average molecular weight is 607 g/mol.